The number of ether oxygens (including phenoxy) is 3. The average Bonchev–Trinajstić information content (AvgIpc) is 2.47. The van der Waals surface area contributed by atoms with Crippen molar-refractivity contribution in [1.29, 1.82) is 0 Å². The molecule has 0 atom stereocenters. The molecule has 0 saturated heterocycles. The molecular formula is C17H28O4. The van der Waals surface area contributed by atoms with Crippen LogP contribution in [-0.4, -0.2) is 45.4 Å². The fraction of sp³-hybridized carbons (Fsp3) is 0.588. The Morgan fingerprint density at radius 2 is 1.52 bits per heavy atom. The van der Waals surface area contributed by atoms with Gasteiger partial charge in [-0.3, -0.25) is 4.79 Å². The first-order valence-corrected chi connectivity index (χ1v) is 7.15. The monoisotopic (exact) mass is 296 g/mol. The minimum absolute atomic E-state index is 0.0417. The van der Waals surface area contributed by atoms with E-state index in [0.29, 0.717) is 38.6 Å². The van der Waals surface area contributed by atoms with Crippen LogP contribution in [-0.2, 0) is 19.0 Å². The van der Waals surface area contributed by atoms with Crippen molar-refractivity contribution >= 4 is 5.78 Å². The molecule has 0 aromatic carbocycles. The van der Waals surface area contributed by atoms with Gasteiger partial charge in [0.05, 0.1) is 33.0 Å². The Labute approximate surface area is 128 Å². The molecule has 0 aliphatic heterocycles. The van der Waals surface area contributed by atoms with E-state index in [1.807, 2.05) is 0 Å². The molecule has 0 aromatic rings. The molecule has 0 aliphatic carbocycles. The number of ketones is 1. The summed E-state index contributed by atoms with van der Waals surface area (Å²) in [7, 11) is 0. The molecule has 0 bridgehead atoms. The van der Waals surface area contributed by atoms with Gasteiger partial charge in [0.1, 0.15) is 6.61 Å². The number of carbonyl (C=O) groups excluding carboxylic acids is 1. The van der Waals surface area contributed by atoms with Gasteiger partial charge in [-0.1, -0.05) is 25.7 Å². The maximum Gasteiger partial charge on any atom is 0.183 e. The van der Waals surface area contributed by atoms with E-state index in [2.05, 4.69) is 26.7 Å². The third-order valence-corrected chi connectivity index (χ3v) is 3.16. The van der Waals surface area contributed by atoms with Crippen LogP contribution in [0.3, 0.4) is 0 Å². The molecule has 4 nitrogen and oxygen atoms in total. The lowest BCUT2D eigenvalue weighted by Gasteiger charge is -2.31. The van der Waals surface area contributed by atoms with Crippen LogP contribution in [0.5, 0.6) is 0 Å². The number of Topliss-reactive ketones (excluding diaryl/α,β-unsaturated/α-hetero) is 1. The second-order valence-corrected chi connectivity index (χ2v) is 5.16. The molecular weight excluding hydrogens is 268 g/mol. The Morgan fingerprint density at radius 1 is 1.05 bits per heavy atom. The third-order valence-electron chi connectivity index (χ3n) is 3.16. The van der Waals surface area contributed by atoms with Gasteiger partial charge in [-0.25, -0.2) is 0 Å². The van der Waals surface area contributed by atoms with E-state index in [-0.39, 0.29) is 17.8 Å². The van der Waals surface area contributed by atoms with Crippen molar-refractivity contribution in [2.24, 2.45) is 5.41 Å². The van der Waals surface area contributed by atoms with Crippen molar-refractivity contribution in [1.82, 2.24) is 0 Å². The number of hydrogen-bond donors (Lipinski definition) is 0. The van der Waals surface area contributed by atoms with E-state index in [4.69, 9.17) is 14.2 Å². The Balaban J connectivity index is 4.50. The molecule has 4 heteroatoms. The summed E-state index contributed by atoms with van der Waals surface area (Å²) in [4.78, 5) is 11.5. The summed E-state index contributed by atoms with van der Waals surface area (Å²) in [6.07, 6.45) is 4.23. The Hall–Kier alpha value is -1.23. The summed E-state index contributed by atoms with van der Waals surface area (Å²) in [5, 5.41) is 0. The van der Waals surface area contributed by atoms with Gasteiger partial charge >= 0.3 is 0 Å². The van der Waals surface area contributed by atoms with Crippen LogP contribution in [0.1, 0.15) is 20.3 Å². The van der Waals surface area contributed by atoms with Crippen LogP contribution in [0, 0.1) is 5.41 Å². The summed E-state index contributed by atoms with van der Waals surface area (Å²) < 4.78 is 16.7. The zero-order chi connectivity index (χ0) is 16.1. The summed E-state index contributed by atoms with van der Waals surface area (Å²) in [6.45, 7) is 17.0. The predicted octanol–water partition coefficient (Wildman–Crippen LogP) is 2.95. The molecule has 0 aliphatic rings. The standard InChI is InChI=1S/C17H28O4/c1-6-9-19-12-17(8-3,13-20-10-7-2)14-21-11-16(18)15(4)5/h6-7H,1-2,4,8-14H2,3,5H3. The molecule has 0 saturated carbocycles. The van der Waals surface area contributed by atoms with E-state index < -0.39 is 0 Å². The highest BCUT2D eigenvalue weighted by molar-refractivity contribution is 5.95. The van der Waals surface area contributed by atoms with Crippen molar-refractivity contribution in [3.05, 3.63) is 37.5 Å². The fourth-order valence-corrected chi connectivity index (χ4v) is 1.63. The van der Waals surface area contributed by atoms with Crippen molar-refractivity contribution in [2.75, 3.05) is 39.6 Å². The molecule has 120 valence electrons. The summed E-state index contributed by atoms with van der Waals surface area (Å²) >= 11 is 0. The highest BCUT2D eigenvalue weighted by atomic mass is 16.5. The smallest absolute Gasteiger partial charge is 0.183 e. The number of rotatable bonds is 14. The zero-order valence-electron chi connectivity index (χ0n) is 13.4. The maximum atomic E-state index is 11.5. The van der Waals surface area contributed by atoms with Crippen LogP contribution in [0.25, 0.3) is 0 Å². The Morgan fingerprint density at radius 3 is 1.90 bits per heavy atom. The van der Waals surface area contributed by atoms with E-state index >= 15 is 0 Å². The first-order chi connectivity index (χ1) is 10.0. The molecule has 0 spiro atoms. The second kappa shape index (κ2) is 11.4. The van der Waals surface area contributed by atoms with E-state index in [1.54, 1.807) is 19.1 Å². The number of hydrogen-bond acceptors (Lipinski definition) is 4. The lowest BCUT2D eigenvalue weighted by atomic mass is 9.88. The molecule has 0 heterocycles. The minimum atomic E-state index is -0.276. The Kier molecular flexibility index (Phi) is 10.8. The quantitative estimate of drug-likeness (QED) is 0.281. The first kappa shape index (κ1) is 19.8. The van der Waals surface area contributed by atoms with Gasteiger partial charge in [0.25, 0.3) is 0 Å². The molecule has 0 unspecified atom stereocenters. The molecule has 0 rings (SSSR count). The van der Waals surface area contributed by atoms with E-state index in [0.717, 1.165) is 6.42 Å². The fourth-order valence-electron chi connectivity index (χ4n) is 1.63. The normalized spacial score (nSPS) is 11.1. The molecule has 0 radical (unpaired) electrons. The minimum Gasteiger partial charge on any atom is -0.377 e. The van der Waals surface area contributed by atoms with Crippen molar-refractivity contribution in [2.45, 2.75) is 20.3 Å². The van der Waals surface area contributed by atoms with E-state index in [9.17, 15) is 4.79 Å². The largest absolute Gasteiger partial charge is 0.377 e. The second-order valence-electron chi connectivity index (χ2n) is 5.16. The van der Waals surface area contributed by atoms with Crippen LogP contribution in [0.4, 0.5) is 0 Å². The van der Waals surface area contributed by atoms with Gasteiger partial charge in [-0.05, 0) is 18.9 Å². The average molecular weight is 296 g/mol. The molecule has 0 N–H and O–H groups in total. The summed E-state index contributed by atoms with van der Waals surface area (Å²) in [6, 6.07) is 0. The SMILES string of the molecule is C=CCOCC(CC)(COCC=C)COCC(=O)C(=C)C. The van der Waals surface area contributed by atoms with Crippen LogP contribution in [0.2, 0.25) is 0 Å². The lowest BCUT2D eigenvalue weighted by molar-refractivity contribution is -0.123. The van der Waals surface area contributed by atoms with Gasteiger partial charge in [-0.2, -0.15) is 0 Å². The Bertz CT molecular complexity index is 333. The van der Waals surface area contributed by atoms with Gasteiger partial charge in [-0.15, -0.1) is 13.2 Å². The van der Waals surface area contributed by atoms with Gasteiger partial charge in [0.15, 0.2) is 5.78 Å². The van der Waals surface area contributed by atoms with Crippen molar-refractivity contribution in [3.8, 4) is 0 Å². The van der Waals surface area contributed by atoms with Gasteiger partial charge < -0.3 is 14.2 Å². The predicted molar refractivity (Wildman–Crippen MR) is 85.4 cm³/mol. The summed E-state index contributed by atoms with van der Waals surface area (Å²) in [5.74, 6) is -0.0842. The first-order valence-electron chi connectivity index (χ1n) is 7.15. The molecule has 21 heavy (non-hydrogen) atoms. The van der Waals surface area contributed by atoms with Crippen LogP contribution >= 0.6 is 0 Å². The highest BCUT2D eigenvalue weighted by Crippen LogP contribution is 2.24. The van der Waals surface area contributed by atoms with Crippen LogP contribution in [0.15, 0.2) is 37.5 Å². The molecule has 0 fully saturated rings. The van der Waals surface area contributed by atoms with E-state index in [1.165, 1.54) is 0 Å². The summed E-state index contributed by atoms with van der Waals surface area (Å²) in [5.41, 5.74) is 0.226. The van der Waals surface area contributed by atoms with Crippen molar-refractivity contribution in [3.63, 3.8) is 0 Å². The van der Waals surface area contributed by atoms with Gasteiger partial charge in [0.2, 0.25) is 0 Å². The van der Waals surface area contributed by atoms with Crippen molar-refractivity contribution < 1.29 is 19.0 Å². The number of carbonyl (C=O) groups is 1. The van der Waals surface area contributed by atoms with Crippen LogP contribution < -0.4 is 0 Å². The lowest BCUT2D eigenvalue weighted by Crippen LogP contribution is -2.37. The molecule has 0 amide bonds. The van der Waals surface area contributed by atoms with Gasteiger partial charge in [0, 0.05) is 5.41 Å². The zero-order valence-corrected chi connectivity index (χ0v) is 13.4. The topological polar surface area (TPSA) is 44.8 Å². The molecule has 0 aromatic heterocycles. The third kappa shape index (κ3) is 8.60. The highest BCUT2D eigenvalue weighted by Gasteiger charge is 2.30. The maximum absolute atomic E-state index is 11.5.